The summed E-state index contributed by atoms with van der Waals surface area (Å²) >= 11 is 0. The number of hydrogen-bond donors (Lipinski definition) is 2. The highest BCUT2D eigenvalue weighted by Gasteiger charge is 2.21. The zero-order valence-electron chi connectivity index (χ0n) is 19.8. The highest BCUT2D eigenvalue weighted by molar-refractivity contribution is 5.94. The smallest absolute Gasteiger partial charge is 0.337 e. The van der Waals surface area contributed by atoms with Crippen LogP contribution in [0, 0.1) is 20.8 Å². The second-order valence-electron chi connectivity index (χ2n) is 8.74. The van der Waals surface area contributed by atoms with Gasteiger partial charge in [0.25, 0.3) is 0 Å². The van der Waals surface area contributed by atoms with Crippen molar-refractivity contribution >= 4 is 28.3 Å². The third-order valence-corrected chi connectivity index (χ3v) is 6.06. The van der Waals surface area contributed by atoms with Crippen molar-refractivity contribution in [2.75, 3.05) is 5.32 Å². The number of carboxylic acids is 1. The predicted octanol–water partition coefficient (Wildman–Crippen LogP) is 5.30. The average Bonchev–Trinajstić information content (AvgIpc) is 3.20. The van der Waals surface area contributed by atoms with Crippen molar-refractivity contribution in [3.8, 4) is 11.5 Å². The number of aryl methyl sites for hydroxylation is 2. The number of rotatable bonds is 5. The van der Waals surface area contributed by atoms with Crippen LogP contribution in [0.25, 0.3) is 28.1 Å². The van der Waals surface area contributed by atoms with E-state index in [1.54, 1.807) is 41.8 Å². The number of nitrogens with zero attached hydrogens (tertiary/aromatic N) is 3. The molecule has 0 saturated heterocycles. The number of fused-ring (bicyclic) bond motifs is 2. The number of aromatic nitrogens is 3. The lowest BCUT2D eigenvalue weighted by Crippen LogP contribution is -2.14. The van der Waals surface area contributed by atoms with Gasteiger partial charge in [-0.1, -0.05) is 18.2 Å². The third-order valence-electron chi connectivity index (χ3n) is 6.06. The van der Waals surface area contributed by atoms with Crippen LogP contribution in [0.4, 0.5) is 5.69 Å². The van der Waals surface area contributed by atoms with E-state index in [0.717, 1.165) is 16.8 Å². The quantitative estimate of drug-likeness (QED) is 0.360. The van der Waals surface area contributed by atoms with Crippen LogP contribution in [0.2, 0.25) is 0 Å². The van der Waals surface area contributed by atoms with Crippen molar-refractivity contribution in [3.63, 3.8) is 0 Å². The summed E-state index contributed by atoms with van der Waals surface area (Å²) in [7, 11) is 0. The Labute approximate surface area is 200 Å². The summed E-state index contributed by atoms with van der Waals surface area (Å²) in [4.78, 5) is 29.5. The summed E-state index contributed by atoms with van der Waals surface area (Å²) in [5.41, 5.74) is 5.15. The van der Waals surface area contributed by atoms with E-state index in [9.17, 15) is 14.7 Å². The fraction of sp³-hybridized carbons (Fsp3) is 0.185. The van der Waals surface area contributed by atoms with E-state index in [1.165, 1.54) is 0 Å². The van der Waals surface area contributed by atoms with Crippen molar-refractivity contribution in [2.45, 2.75) is 33.7 Å². The van der Waals surface area contributed by atoms with Gasteiger partial charge in [-0.05, 0) is 63.6 Å². The Bertz CT molecular complexity index is 1680. The molecule has 0 aliphatic carbocycles. The van der Waals surface area contributed by atoms with Gasteiger partial charge in [0.1, 0.15) is 11.3 Å². The van der Waals surface area contributed by atoms with Gasteiger partial charge in [0.2, 0.25) is 0 Å². The summed E-state index contributed by atoms with van der Waals surface area (Å²) < 4.78 is 8.05. The normalized spacial score (nSPS) is 12.2. The number of carbonyl (C=O) groups is 1. The van der Waals surface area contributed by atoms with Crippen LogP contribution in [0.1, 0.15) is 45.7 Å². The Morgan fingerprint density at radius 1 is 1.11 bits per heavy atom. The lowest BCUT2D eigenvalue weighted by atomic mass is 9.99. The first-order valence-corrected chi connectivity index (χ1v) is 11.2. The summed E-state index contributed by atoms with van der Waals surface area (Å²) in [6.45, 7) is 7.45. The van der Waals surface area contributed by atoms with Gasteiger partial charge in [-0.3, -0.25) is 4.79 Å². The minimum atomic E-state index is -1.02. The highest BCUT2D eigenvalue weighted by Crippen LogP contribution is 2.32. The van der Waals surface area contributed by atoms with Crippen LogP contribution in [-0.2, 0) is 0 Å². The standard InChI is InChI=1S/C27H24N4O4/c1-14-11-19(17(4)29-21-8-6-5-7-18(21)27(33)34)26-20(12-14)24(32)16(3)25(35-26)22-9-10-23-28-15(2)13-31(23)30-22/h5-13,17,29H,1-4H3,(H,33,34)/t17-/m1/s1. The van der Waals surface area contributed by atoms with Gasteiger partial charge in [-0.15, -0.1) is 0 Å². The second-order valence-corrected chi connectivity index (χ2v) is 8.74. The monoisotopic (exact) mass is 468 g/mol. The zero-order valence-corrected chi connectivity index (χ0v) is 19.8. The third kappa shape index (κ3) is 3.93. The number of benzene rings is 2. The SMILES string of the molecule is Cc1cc([C@@H](C)Nc2ccccc2C(=O)O)c2oc(-c3ccc4nc(C)cn4n3)c(C)c(=O)c2c1. The summed E-state index contributed by atoms with van der Waals surface area (Å²) in [6.07, 6.45) is 1.81. The molecule has 0 unspecified atom stereocenters. The number of para-hydroxylation sites is 1. The number of nitrogens with one attached hydrogen (secondary N) is 1. The Balaban J connectivity index is 1.68. The summed E-state index contributed by atoms with van der Waals surface area (Å²) in [5.74, 6) is -0.631. The Morgan fingerprint density at radius 3 is 2.66 bits per heavy atom. The molecule has 3 aromatic heterocycles. The lowest BCUT2D eigenvalue weighted by Gasteiger charge is -2.19. The molecule has 0 radical (unpaired) electrons. The molecule has 2 N–H and O–H groups in total. The van der Waals surface area contributed by atoms with Crippen molar-refractivity contribution in [2.24, 2.45) is 0 Å². The van der Waals surface area contributed by atoms with Gasteiger partial charge in [-0.2, -0.15) is 5.10 Å². The molecular formula is C27H24N4O4. The molecule has 5 aromatic rings. The van der Waals surface area contributed by atoms with E-state index in [2.05, 4.69) is 15.4 Å². The Kier molecular flexibility index (Phi) is 5.36. The van der Waals surface area contributed by atoms with Crippen molar-refractivity contribution in [3.05, 3.63) is 92.9 Å². The molecule has 0 aliphatic rings. The van der Waals surface area contributed by atoms with Gasteiger partial charge in [0.05, 0.1) is 28.9 Å². The fourth-order valence-corrected chi connectivity index (χ4v) is 4.36. The first-order chi connectivity index (χ1) is 16.7. The zero-order chi connectivity index (χ0) is 24.9. The molecule has 8 heteroatoms. The lowest BCUT2D eigenvalue weighted by molar-refractivity contribution is 0.0698. The molecule has 5 rings (SSSR count). The molecule has 0 saturated carbocycles. The topological polar surface area (TPSA) is 110 Å². The van der Waals surface area contributed by atoms with Crippen molar-refractivity contribution < 1.29 is 14.3 Å². The first kappa shape index (κ1) is 22.3. The van der Waals surface area contributed by atoms with E-state index in [0.29, 0.717) is 39.3 Å². The van der Waals surface area contributed by atoms with Crippen molar-refractivity contribution in [1.29, 1.82) is 0 Å². The maximum absolute atomic E-state index is 13.4. The second kappa shape index (κ2) is 8.39. The summed E-state index contributed by atoms with van der Waals surface area (Å²) in [6, 6.07) is 13.8. The molecule has 0 fully saturated rings. The van der Waals surface area contributed by atoms with E-state index in [4.69, 9.17) is 4.42 Å². The minimum absolute atomic E-state index is 0.131. The molecule has 3 heterocycles. The Morgan fingerprint density at radius 2 is 1.89 bits per heavy atom. The molecular weight excluding hydrogens is 444 g/mol. The number of aromatic carboxylic acids is 1. The van der Waals surface area contributed by atoms with Gasteiger partial charge < -0.3 is 14.8 Å². The van der Waals surface area contributed by atoms with E-state index in [-0.39, 0.29) is 17.0 Å². The number of imidazole rings is 1. The van der Waals surface area contributed by atoms with Gasteiger partial charge in [0, 0.05) is 16.8 Å². The molecule has 0 amide bonds. The maximum atomic E-state index is 13.4. The van der Waals surface area contributed by atoms with E-state index >= 15 is 0 Å². The van der Waals surface area contributed by atoms with E-state index < -0.39 is 5.97 Å². The molecule has 0 aliphatic heterocycles. The van der Waals surface area contributed by atoms with E-state index in [1.807, 2.05) is 45.2 Å². The number of carboxylic acid groups (broad SMARTS) is 1. The Hall–Kier alpha value is -4.46. The molecule has 2 aromatic carbocycles. The highest BCUT2D eigenvalue weighted by atomic mass is 16.4. The molecule has 8 nitrogen and oxygen atoms in total. The van der Waals surface area contributed by atoms with Gasteiger partial charge >= 0.3 is 5.97 Å². The van der Waals surface area contributed by atoms with Crippen molar-refractivity contribution in [1.82, 2.24) is 14.6 Å². The first-order valence-electron chi connectivity index (χ1n) is 11.2. The van der Waals surface area contributed by atoms with Crippen LogP contribution in [-0.4, -0.2) is 25.7 Å². The van der Waals surface area contributed by atoms with Gasteiger partial charge in [0.15, 0.2) is 16.8 Å². The minimum Gasteiger partial charge on any atom is -0.478 e. The summed E-state index contributed by atoms with van der Waals surface area (Å²) in [5, 5.41) is 17.9. The molecule has 0 spiro atoms. The predicted molar refractivity (Wildman–Crippen MR) is 134 cm³/mol. The van der Waals surface area contributed by atoms with Gasteiger partial charge in [-0.25, -0.2) is 14.3 Å². The largest absolute Gasteiger partial charge is 0.478 e. The average molecular weight is 469 g/mol. The van der Waals surface area contributed by atoms with Crippen LogP contribution in [0.15, 0.2) is 63.9 Å². The molecule has 176 valence electrons. The fourth-order valence-electron chi connectivity index (χ4n) is 4.36. The van der Waals surface area contributed by atoms with Crippen LogP contribution < -0.4 is 10.7 Å². The number of hydrogen-bond acceptors (Lipinski definition) is 6. The molecule has 1 atom stereocenters. The van der Waals surface area contributed by atoms with Crippen LogP contribution in [0.5, 0.6) is 0 Å². The number of anilines is 1. The molecule has 0 bridgehead atoms. The molecule has 35 heavy (non-hydrogen) atoms. The van der Waals surface area contributed by atoms with Crippen LogP contribution >= 0.6 is 0 Å². The maximum Gasteiger partial charge on any atom is 0.337 e. The van der Waals surface area contributed by atoms with Crippen LogP contribution in [0.3, 0.4) is 0 Å².